The zero-order chi connectivity index (χ0) is 9.15. The van der Waals surface area contributed by atoms with E-state index in [1.165, 1.54) is 0 Å². The summed E-state index contributed by atoms with van der Waals surface area (Å²) in [5.74, 6) is 0.936. The minimum atomic E-state index is -0.468. The third-order valence-electron chi connectivity index (χ3n) is 4.15. The molecule has 0 heterocycles. The van der Waals surface area contributed by atoms with Crippen LogP contribution in [0.3, 0.4) is 0 Å². The maximum atomic E-state index is 11.8. The maximum absolute atomic E-state index is 11.8. The minimum absolute atomic E-state index is 0.0643. The molecule has 2 aliphatic rings. The molecule has 2 saturated carbocycles. The molecule has 2 rings (SSSR count). The Kier molecular flexibility index (Phi) is 1.32. The van der Waals surface area contributed by atoms with Crippen molar-refractivity contribution in [1.29, 1.82) is 0 Å². The van der Waals surface area contributed by atoms with Crippen LogP contribution in [0.4, 0.5) is 0 Å². The van der Waals surface area contributed by atoms with Crippen molar-refractivity contribution in [3.8, 4) is 0 Å². The molecule has 0 saturated heterocycles. The van der Waals surface area contributed by atoms with E-state index < -0.39 is 5.54 Å². The summed E-state index contributed by atoms with van der Waals surface area (Å²) >= 11 is 0. The second-order valence-electron chi connectivity index (χ2n) is 4.99. The van der Waals surface area contributed by atoms with Gasteiger partial charge in [0.15, 0.2) is 5.78 Å². The third kappa shape index (κ3) is 0.634. The van der Waals surface area contributed by atoms with Crippen molar-refractivity contribution in [1.82, 2.24) is 0 Å². The molecule has 2 fully saturated rings. The standard InChI is InChI=1S/C10H17NO/c1-6-4-5-7-9(2,3)10(7,11)8(6)12/h6-7H,4-5,11H2,1-3H3. The van der Waals surface area contributed by atoms with Crippen molar-refractivity contribution in [3.05, 3.63) is 0 Å². The van der Waals surface area contributed by atoms with Gasteiger partial charge in [-0.2, -0.15) is 0 Å². The first-order valence-corrected chi connectivity index (χ1v) is 4.75. The van der Waals surface area contributed by atoms with Crippen LogP contribution in [0.25, 0.3) is 0 Å². The average Bonchev–Trinajstić information content (AvgIpc) is 2.42. The molecule has 2 aliphatic carbocycles. The number of Topliss-reactive ketones (excluding diaryl/α,β-unsaturated/α-hetero) is 1. The highest BCUT2D eigenvalue weighted by molar-refractivity contribution is 5.96. The Balaban J connectivity index is 2.33. The van der Waals surface area contributed by atoms with Gasteiger partial charge in [0.2, 0.25) is 0 Å². The van der Waals surface area contributed by atoms with E-state index in [1.807, 2.05) is 6.92 Å². The van der Waals surface area contributed by atoms with E-state index in [4.69, 9.17) is 5.73 Å². The summed E-state index contributed by atoms with van der Waals surface area (Å²) in [6.07, 6.45) is 2.17. The van der Waals surface area contributed by atoms with Crippen LogP contribution in [0, 0.1) is 17.3 Å². The van der Waals surface area contributed by atoms with Crippen LogP contribution in [0.15, 0.2) is 0 Å². The summed E-state index contributed by atoms with van der Waals surface area (Å²) in [6, 6.07) is 0. The Bertz CT molecular complexity index is 246. The lowest BCUT2D eigenvalue weighted by molar-refractivity contribution is -0.126. The van der Waals surface area contributed by atoms with Gasteiger partial charge in [0.25, 0.3) is 0 Å². The molecule has 68 valence electrons. The molecule has 0 aromatic rings. The van der Waals surface area contributed by atoms with Crippen molar-refractivity contribution < 1.29 is 4.79 Å². The second kappa shape index (κ2) is 1.92. The number of carbonyl (C=O) groups is 1. The molecular formula is C10H17NO. The Morgan fingerprint density at radius 1 is 1.42 bits per heavy atom. The SMILES string of the molecule is CC1CCC2C(C)(C)C2(N)C1=O. The fourth-order valence-corrected chi connectivity index (χ4v) is 2.94. The molecule has 0 aromatic heterocycles. The molecule has 0 aliphatic heterocycles. The highest BCUT2D eigenvalue weighted by Crippen LogP contribution is 2.65. The summed E-state index contributed by atoms with van der Waals surface area (Å²) in [5, 5.41) is 0. The summed E-state index contributed by atoms with van der Waals surface area (Å²) in [7, 11) is 0. The van der Waals surface area contributed by atoms with Gasteiger partial charge in [0, 0.05) is 5.92 Å². The third-order valence-corrected chi connectivity index (χ3v) is 4.15. The fraction of sp³-hybridized carbons (Fsp3) is 0.900. The Labute approximate surface area is 73.5 Å². The second-order valence-corrected chi connectivity index (χ2v) is 4.99. The van der Waals surface area contributed by atoms with Gasteiger partial charge in [-0.3, -0.25) is 4.79 Å². The highest BCUT2D eigenvalue weighted by Gasteiger charge is 2.74. The van der Waals surface area contributed by atoms with Crippen LogP contribution in [0.5, 0.6) is 0 Å². The van der Waals surface area contributed by atoms with Crippen molar-refractivity contribution in [2.45, 2.75) is 39.2 Å². The van der Waals surface area contributed by atoms with Gasteiger partial charge in [-0.1, -0.05) is 20.8 Å². The molecule has 2 N–H and O–H groups in total. The molecule has 3 unspecified atom stereocenters. The van der Waals surface area contributed by atoms with Crippen LogP contribution >= 0.6 is 0 Å². The predicted molar refractivity (Wildman–Crippen MR) is 47.6 cm³/mol. The summed E-state index contributed by atoms with van der Waals surface area (Å²) < 4.78 is 0. The number of hydrogen-bond acceptors (Lipinski definition) is 2. The topological polar surface area (TPSA) is 43.1 Å². The first kappa shape index (κ1) is 8.24. The number of fused-ring (bicyclic) bond motifs is 1. The van der Waals surface area contributed by atoms with Gasteiger partial charge in [0.05, 0.1) is 5.54 Å². The van der Waals surface area contributed by atoms with Crippen LogP contribution in [-0.4, -0.2) is 11.3 Å². The first-order chi connectivity index (χ1) is 5.42. The van der Waals surface area contributed by atoms with Crippen molar-refractivity contribution in [2.24, 2.45) is 23.0 Å². The van der Waals surface area contributed by atoms with Crippen LogP contribution < -0.4 is 5.73 Å². The van der Waals surface area contributed by atoms with Gasteiger partial charge < -0.3 is 5.73 Å². The predicted octanol–water partition coefficient (Wildman–Crippen LogP) is 1.34. The molecule has 0 radical (unpaired) electrons. The minimum Gasteiger partial charge on any atom is -0.318 e. The average molecular weight is 167 g/mol. The van der Waals surface area contributed by atoms with E-state index in [9.17, 15) is 4.79 Å². The lowest BCUT2D eigenvalue weighted by Gasteiger charge is -2.22. The molecule has 0 bridgehead atoms. The number of carbonyl (C=O) groups excluding carboxylic acids is 1. The number of rotatable bonds is 0. The van der Waals surface area contributed by atoms with Gasteiger partial charge in [-0.05, 0) is 24.2 Å². The van der Waals surface area contributed by atoms with E-state index in [0.29, 0.717) is 11.7 Å². The number of nitrogens with two attached hydrogens (primary N) is 1. The molecule has 12 heavy (non-hydrogen) atoms. The first-order valence-electron chi connectivity index (χ1n) is 4.75. The van der Waals surface area contributed by atoms with Crippen LogP contribution in [0.2, 0.25) is 0 Å². The monoisotopic (exact) mass is 167 g/mol. The zero-order valence-corrected chi connectivity index (χ0v) is 8.05. The van der Waals surface area contributed by atoms with Gasteiger partial charge >= 0.3 is 0 Å². The largest absolute Gasteiger partial charge is 0.318 e. The lowest BCUT2D eigenvalue weighted by Crippen LogP contribution is -2.44. The molecule has 0 amide bonds. The Morgan fingerprint density at radius 2 is 2.00 bits per heavy atom. The van der Waals surface area contributed by atoms with E-state index >= 15 is 0 Å². The fourth-order valence-electron chi connectivity index (χ4n) is 2.94. The number of ketones is 1. The van der Waals surface area contributed by atoms with Gasteiger partial charge in [-0.15, -0.1) is 0 Å². The summed E-state index contributed by atoms with van der Waals surface area (Å²) in [4.78, 5) is 11.8. The Hall–Kier alpha value is -0.370. The van der Waals surface area contributed by atoms with E-state index in [1.54, 1.807) is 0 Å². The van der Waals surface area contributed by atoms with Gasteiger partial charge in [-0.25, -0.2) is 0 Å². The van der Waals surface area contributed by atoms with Gasteiger partial charge in [0.1, 0.15) is 0 Å². The van der Waals surface area contributed by atoms with E-state index in [2.05, 4.69) is 13.8 Å². The molecule has 0 spiro atoms. The quantitative estimate of drug-likeness (QED) is 0.591. The van der Waals surface area contributed by atoms with Crippen molar-refractivity contribution >= 4 is 5.78 Å². The number of hydrogen-bond donors (Lipinski definition) is 1. The Morgan fingerprint density at radius 3 is 2.50 bits per heavy atom. The smallest absolute Gasteiger partial charge is 0.156 e. The molecule has 0 aromatic carbocycles. The summed E-state index contributed by atoms with van der Waals surface area (Å²) in [5.41, 5.74) is 5.71. The molecular weight excluding hydrogens is 150 g/mol. The van der Waals surface area contributed by atoms with E-state index in [0.717, 1.165) is 12.8 Å². The molecule has 2 nitrogen and oxygen atoms in total. The zero-order valence-electron chi connectivity index (χ0n) is 8.05. The highest BCUT2D eigenvalue weighted by atomic mass is 16.1. The van der Waals surface area contributed by atoms with E-state index in [-0.39, 0.29) is 11.3 Å². The molecule has 2 heteroatoms. The van der Waals surface area contributed by atoms with Crippen molar-refractivity contribution in [2.75, 3.05) is 0 Å². The van der Waals surface area contributed by atoms with Crippen LogP contribution in [0.1, 0.15) is 33.6 Å². The molecule has 3 atom stereocenters. The lowest BCUT2D eigenvalue weighted by atomic mass is 9.85. The normalized spacial score (nSPS) is 50.2. The summed E-state index contributed by atoms with van der Waals surface area (Å²) in [6.45, 7) is 6.24. The van der Waals surface area contributed by atoms with Crippen LogP contribution in [-0.2, 0) is 4.79 Å². The van der Waals surface area contributed by atoms with Crippen molar-refractivity contribution in [3.63, 3.8) is 0 Å². The maximum Gasteiger partial charge on any atom is 0.156 e.